The lowest BCUT2D eigenvalue weighted by atomic mass is 9.79. The van der Waals surface area contributed by atoms with E-state index in [1.54, 1.807) is 0 Å². The van der Waals surface area contributed by atoms with Crippen LogP contribution in [0.2, 0.25) is 5.02 Å². The van der Waals surface area contributed by atoms with Crippen LogP contribution in [0.5, 0.6) is 0 Å². The van der Waals surface area contributed by atoms with E-state index < -0.39 is 0 Å². The highest BCUT2D eigenvalue weighted by molar-refractivity contribution is 6.30. The summed E-state index contributed by atoms with van der Waals surface area (Å²) in [7, 11) is 2.27. The number of piperazine rings is 1. The summed E-state index contributed by atoms with van der Waals surface area (Å²) in [6.07, 6.45) is 3.69. The summed E-state index contributed by atoms with van der Waals surface area (Å²) in [6.45, 7) is 3.45. The van der Waals surface area contributed by atoms with Crippen molar-refractivity contribution >= 4 is 11.6 Å². The molecule has 2 unspecified atom stereocenters. The number of fused-ring (bicyclic) bond motifs is 1. The van der Waals surface area contributed by atoms with E-state index >= 15 is 0 Å². The van der Waals surface area contributed by atoms with Crippen LogP contribution in [-0.4, -0.2) is 37.6 Å². The molecule has 1 aliphatic carbocycles. The largest absolute Gasteiger partial charge is 0.314 e. The minimum Gasteiger partial charge on any atom is -0.314 e. The Morgan fingerprint density at radius 3 is 3.06 bits per heavy atom. The second kappa shape index (κ2) is 5.20. The molecule has 3 heteroatoms. The molecule has 2 nitrogen and oxygen atoms in total. The number of likely N-dealkylation sites (N-methyl/N-ethyl adjacent to an activating group) is 1. The van der Waals surface area contributed by atoms with Gasteiger partial charge in [-0.15, -0.1) is 0 Å². The van der Waals surface area contributed by atoms with E-state index in [1.165, 1.54) is 36.9 Å². The standard InChI is InChI=1S/C15H21ClN2/c1-18-7-6-17-10-15(18)13-3-2-12-9-14(16)5-4-11(12)8-13/h4-5,9,13,15,17H,2-3,6-8,10H2,1H3. The fourth-order valence-corrected chi connectivity index (χ4v) is 3.63. The smallest absolute Gasteiger partial charge is 0.0408 e. The van der Waals surface area contributed by atoms with Crippen LogP contribution in [0.4, 0.5) is 0 Å². The van der Waals surface area contributed by atoms with Crippen molar-refractivity contribution < 1.29 is 0 Å². The molecular formula is C15H21ClN2. The lowest BCUT2D eigenvalue weighted by Gasteiger charge is -2.40. The molecule has 1 saturated heterocycles. The van der Waals surface area contributed by atoms with Crippen LogP contribution in [0, 0.1) is 5.92 Å². The van der Waals surface area contributed by atoms with Gasteiger partial charge in [0.25, 0.3) is 0 Å². The van der Waals surface area contributed by atoms with E-state index in [-0.39, 0.29) is 0 Å². The van der Waals surface area contributed by atoms with Crippen LogP contribution in [0.15, 0.2) is 18.2 Å². The van der Waals surface area contributed by atoms with Crippen LogP contribution >= 0.6 is 11.6 Å². The third-order valence-corrected chi connectivity index (χ3v) is 4.78. The number of benzene rings is 1. The predicted octanol–water partition coefficient (Wildman–Crippen LogP) is 2.35. The van der Waals surface area contributed by atoms with Gasteiger partial charge in [0.15, 0.2) is 0 Å². The lowest BCUT2D eigenvalue weighted by Crippen LogP contribution is -2.53. The Kier molecular flexibility index (Phi) is 3.60. The van der Waals surface area contributed by atoms with Crippen molar-refractivity contribution in [3.05, 3.63) is 34.3 Å². The lowest BCUT2D eigenvalue weighted by molar-refractivity contribution is 0.133. The molecular weight excluding hydrogens is 244 g/mol. The zero-order chi connectivity index (χ0) is 12.5. The summed E-state index contributed by atoms with van der Waals surface area (Å²) in [5, 5.41) is 4.41. The van der Waals surface area contributed by atoms with Crippen molar-refractivity contribution in [2.75, 3.05) is 26.7 Å². The van der Waals surface area contributed by atoms with Crippen molar-refractivity contribution in [2.24, 2.45) is 5.92 Å². The summed E-state index contributed by atoms with van der Waals surface area (Å²) in [5.41, 5.74) is 2.97. The van der Waals surface area contributed by atoms with E-state index in [4.69, 9.17) is 11.6 Å². The minimum atomic E-state index is 0.697. The monoisotopic (exact) mass is 264 g/mol. The molecule has 1 aliphatic heterocycles. The highest BCUT2D eigenvalue weighted by Gasteiger charge is 2.30. The normalized spacial score (nSPS) is 29.0. The van der Waals surface area contributed by atoms with Crippen LogP contribution in [-0.2, 0) is 12.8 Å². The average molecular weight is 265 g/mol. The highest BCUT2D eigenvalue weighted by atomic mass is 35.5. The second-order valence-corrected chi connectivity index (χ2v) is 6.10. The van der Waals surface area contributed by atoms with Gasteiger partial charge in [-0.3, -0.25) is 0 Å². The minimum absolute atomic E-state index is 0.697. The molecule has 0 saturated carbocycles. The van der Waals surface area contributed by atoms with Crippen molar-refractivity contribution in [3.8, 4) is 0 Å². The molecule has 0 spiro atoms. The maximum absolute atomic E-state index is 6.07. The van der Waals surface area contributed by atoms with E-state index in [0.29, 0.717) is 6.04 Å². The number of rotatable bonds is 1. The molecule has 98 valence electrons. The van der Waals surface area contributed by atoms with Gasteiger partial charge in [0.1, 0.15) is 0 Å². The summed E-state index contributed by atoms with van der Waals surface area (Å²) < 4.78 is 0. The van der Waals surface area contributed by atoms with Crippen molar-refractivity contribution in [2.45, 2.75) is 25.3 Å². The van der Waals surface area contributed by atoms with E-state index in [1.807, 2.05) is 6.07 Å². The van der Waals surface area contributed by atoms with Gasteiger partial charge in [-0.2, -0.15) is 0 Å². The Balaban J connectivity index is 1.76. The third-order valence-electron chi connectivity index (χ3n) is 4.54. The first-order valence-electron chi connectivity index (χ1n) is 6.92. The molecule has 1 N–H and O–H groups in total. The van der Waals surface area contributed by atoms with Crippen molar-refractivity contribution in [1.29, 1.82) is 0 Å². The van der Waals surface area contributed by atoms with Crippen LogP contribution in [0.25, 0.3) is 0 Å². The van der Waals surface area contributed by atoms with Gasteiger partial charge in [-0.25, -0.2) is 0 Å². The Bertz CT molecular complexity index is 433. The molecule has 1 fully saturated rings. The maximum Gasteiger partial charge on any atom is 0.0408 e. The zero-order valence-electron chi connectivity index (χ0n) is 11.0. The van der Waals surface area contributed by atoms with Crippen LogP contribution in [0.3, 0.4) is 0 Å². The number of hydrogen-bond acceptors (Lipinski definition) is 2. The van der Waals surface area contributed by atoms with Crippen LogP contribution in [0.1, 0.15) is 17.5 Å². The molecule has 0 bridgehead atoms. The molecule has 1 heterocycles. The molecule has 3 rings (SSSR count). The quantitative estimate of drug-likeness (QED) is 0.838. The SMILES string of the molecule is CN1CCNCC1C1CCc2cc(Cl)ccc2C1. The van der Waals surface area contributed by atoms with E-state index in [0.717, 1.165) is 24.0 Å². The molecule has 0 amide bonds. The Hall–Kier alpha value is -0.570. The van der Waals surface area contributed by atoms with Gasteiger partial charge in [0, 0.05) is 30.7 Å². The van der Waals surface area contributed by atoms with Gasteiger partial charge < -0.3 is 10.2 Å². The van der Waals surface area contributed by atoms with Crippen LogP contribution < -0.4 is 5.32 Å². The van der Waals surface area contributed by atoms with Crippen molar-refractivity contribution in [3.63, 3.8) is 0 Å². The number of hydrogen-bond donors (Lipinski definition) is 1. The Morgan fingerprint density at radius 1 is 1.33 bits per heavy atom. The number of nitrogens with one attached hydrogen (secondary N) is 1. The summed E-state index contributed by atoms with van der Waals surface area (Å²) in [5.74, 6) is 0.788. The van der Waals surface area contributed by atoms with E-state index in [9.17, 15) is 0 Å². The molecule has 1 aromatic carbocycles. The highest BCUT2D eigenvalue weighted by Crippen LogP contribution is 2.31. The van der Waals surface area contributed by atoms with Gasteiger partial charge in [0.05, 0.1) is 0 Å². The molecule has 0 radical (unpaired) electrons. The number of nitrogens with zero attached hydrogens (tertiary/aromatic N) is 1. The van der Waals surface area contributed by atoms with Gasteiger partial charge in [0.2, 0.25) is 0 Å². The first-order valence-corrected chi connectivity index (χ1v) is 7.30. The summed E-state index contributed by atoms with van der Waals surface area (Å²) in [4.78, 5) is 2.53. The Morgan fingerprint density at radius 2 is 2.22 bits per heavy atom. The predicted molar refractivity (Wildman–Crippen MR) is 76.3 cm³/mol. The van der Waals surface area contributed by atoms with E-state index in [2.05, 4.69) is 29.4 Å². The van der Waals surface area contributed by atoms with Gasteiger partial charge in [-0.1, -0.05) is 17.7 Å². The Labute approximate surface area is 114 Å². The molecule has 2 atom stereocenters. The third kappa shape index (κ3) is 2.42. The zero-order valence-corrected chi connectivity index (χ0v) is 11.7. The van der Waals surface area contributed by atoms with Gasteiger partial charge >= 0.3 is 0 Å². The fourth-order valence-electron chi connectivity index (χ4n) is 3.43. The summed E-state index contributed by atoms with van der Waals surface area (Å²) >= 11 is 6.07. The topological polar surface area (TPSA) is 15.3 Å². The average Bonchev–Trinajstić information content (AvgIpc) is 2.39. The number of halogens is 1. The van der Waals surface area contributed by atoms with Crippen molar-refractivity contribution in [1.82, 2.24) is 10.2 Å². The maximum atomic E-state index is 6.07. The fraction of sp³-hybridized carbons (Fsp3) is 0.600. The summed E-state index contributed by atoms with van der Waals surface area (Å²) in [6, 6.07) is 7.10. The first-order chi connectivity index (χ1) is 8.74. The van der Waals surface area contributed by atoms with Gasteiger partial charge in [-0.05, 0) is 55.5 Å². The molecule has 18 heavy (non-hydrogen) atoms. The molecule has 0 aromatic heterocycles. The second-order valence-electron chi connectivity index (χ2n) is 5.67. The molecule has 2 aliphatic rings. The molecule has 1 aromatic rings. The first kappa shape index (κ1) is 12.5. The number of aryl methyl sites for hydroxylation is 1.